The highest BCUT2D eigenvalue weighted by molar-refractivity contribution is 5.81. The van der Waals surface area contributed by atoms with E-state index in [0.29, 0.717) is 6.42 Å². The summed E-state index contributed by atoms with van der Waals surface area (Å²) in [6.07, 6.45) is 2.49. The van der Waals surface area contributed by atoms with Gasteiger partial charge in [0.15, 0.2) is 0 Å². The van der Waals surface area contributed by atoms with E-state index in [1.807, 2.05) is 0 Å². The smallest absolute Gasteiger partial charge is 0.365 e. The van der Waals surface area contributed by atoms with Crippen LogP contribution in [0.5, 0.6) is 0 Å². The van der Waals surface area contributed by atoms with Crippen LogP contribution in [-0.2, 0) is 24.1 Å². The molecule has 0 radical (unpaired) electrons. The number of rotatable bonds is 7. The van der Waals surface area contributed by atoms with Crippen LogP contribution in [0.2, 0.25) is 0 Å². The third kappa shape index (κ3) is 7.05. The maximum atomic E-state index is 10.5. The first kappa shape index (κ1) is 12.4. The lowest BCUT2D eigenvalue weighted by atomic mass is 10.5. The zero-order valence-electron chi connectivity index (χ0n) is 7.73. The van der Waals surface area contributed by atoms with Crippen LogP contribution in [0.15, 0.2) is 25.3 Å². The molecule has 0 spiro atoms. The molecule has 0 saturated carbocycles. The molecule has 0 aromatic heterocycles. The van der Waals surface area contributed by atoms with E-state index in [9.17, 15) is 9.59 Å². The molecule has 14 heavy (non-hydrogen) atoms. The number of esters is 1. The van der Waals surface area contributed by atoms with Crippen LogP contribution in [0.1, 0.15) is 6.42 Å². The number of carbonyl (C=O) groups excluding carboxylic acids is 2. The zero-order valence-corrected chi connectivity index (χ0v) is 7.73. The second-order valence-electron chi connectivity index (χ2n) is 2.15. The monoisotopic (exact) mass is 200 g/mol. The second kappa shape index (κ2) is 8.00. The van der Waals surface area contributed by atoms with E-state index in [0.717, 1.165) is 12.2 Å². The Morgan fingerprint density at radius 1 is 1.07 bits per heavy atom. The molecule has 0 rings (SSSR count). The lowest BCUT2D eigenvalue weighted by Crippen LogP contribution is -2.07. The van der Waals surface area contributed by atoms with E-state index in [4.69, 9.17) is 0 Å². The highest BCUT2D eigenvalue weighted by Crippen LogP contribution is 1.88. The molecule has 0 heterocycles. The molecule has 0 saturated heterocycles. The van der Waals surface area contributed by atoms with Crippen LogP contribution < -0.4 is 0 Å². The van der Waals surface area contributed by atoms with Crippen LogP contribution in [0.4, 0.5) is 0 Å². The van der Waals surface area contributed by atoms with E-state index in [1.54, 1.807) is 0 Å². The third-order valence-corrected chi connectivity index (χ3v) is 1.09. The van der Waals surface area contributed by atoms with Crippen LogP contribution in [-0.4, -0.2) is 25.2 Å². The molecule has 5 nitrogen and oxygen atoms in total. The summed E-state index contributed by atoms with van der Waals surface area (Å²) in [7, 11) is 0. The first-order chi connectivity index (χ1) is 6.70. The fourth-order valence-electron chi connectivity index (χ4n) is 0.483. The van der Waals surface area contributed by atoms with E-state index in [2.05, 4.69) is 27.7 Å². The Hall–Kier alpha value is -1.62. The van der Waals surface area contributed by atoms with Gasteiger partial charge < -0.3 is 4.74 Å². The van der Waals surface area contributed by atoms with Crippen molar-refractivity contribution in [1.82, 2.24) is 0 Å². The van der Waals surface area contributed by atoms with Crippen molar-refractivity contribution < 1.29 is 24.1 Å². The minimum Gasteiger partial charge on any atom is -0.462 e. The van der Waals surface area contributed by atoms with Crippen LogP contribution in [0.3, 0.4) is 0 Å². The van der Waals surface area contributed by atoms with Gasteiger partial charge in [-0.15, -0.1) is 0 Å². The summed E-state index contributed by atoms with van der Waals surface area (Å²) in [5.41, 5.74) is 0. The summed E-state index contributed by atoms with van der Waals surface area (Å²) in [6.45, 7) is 6.75. The number of ether oxygens (including phenoxy) is 1. The summed E-state index contributed by atoms with van der Waals surface area (Å²) < 4.78 is 4.63. The second-order valence-corrected chi connectivity index (χ2v) is 2.15. The van der Waals surface area contributed by atoms with Crippen LogP contribution in [0.25, 0.3) is 0 Å². The summed E-state index contributed by atoms with van der Waals surface area (Å²) in [6, 6.07) is 0. The molecule has 0 aliphatic carbocycles. The number of hydrogen-bond acceptors (Lipinski definition) is 5. The fraction of sp³-hybridized carbons (Fsp3) is 0.333. The molecule has 0 atom stereocenters. The molecule has 0 fully saturated rings. The Balaban J connectivity index is 3.21. The molecule has 0 aliphatic rings. The molecule has 0 bridgehead atoms. The summed E-state index contributed by atoms with van der Waals surface area (Å²) >= 11 is 0. The Morgan fingerprint density at radius 3 is 2.29 bits per heavy atom. The predicted octanol–water partition coefficient (Wildman–Crippen LogP) is 0.766. The van der Waals surface area contributed by atoms with Gasteiger partial charge in [-0.3, -0.25) is 4.89 Å². The molecule has 0 aliphatic heterocycles. The van der Waals surface area contributed by atoms with E-state index in [1.165, 1.54) is 0 Å². The summed E-state index contributed by atoms with van der Waals surface area (Å²) in [5.74, 6) is -1.15. The van der Waals surface area contributed by atoms with Gasteiger partial charge in [0, 0.05) is 18.6 Å². The molecular formula is C9H12O5. The van der Waals surface area contributed by atoms with E-state index < -0.39 is 11.9 Å². The van der Waals surface area contributed by atoms with Crippen molar-refractivity contribution in [2.75, 3.05) is 13.2 Å². The molecule has 78 valence electrons. The van der Waals surface area contributed by atoms with Gasteiger partial charge in [0.25, 0.3) is 0 Å². The van der Waals surface area contributed by atoms with Crippen molar-refractivity contribution >= 4 is 11.9 Å². The maximum Gasteiger partial charge on any atom is 0.365 e. The zero-order chi connectivity index (χ0) is 10.8. The lowest BCUT2D eigenvalue weighted by Gasteiger charge is -2.01. The van der Waals surface area contributed by atoms with Crippen molar-refractivity contribution in [2.45, 2.75) is 6.42 Å². The van der Waals surface area contributed by atoms with Gasteiger partial charge in [-0.1, -0.05) is 13.2 Å². The Bertz CT molecular complexity index is 197. The van der Waals surface area contributed by atoms with Crippen molar-refractivity contribution in [3.05, 3.63) is 25.3 Å². The van der Waals surface area contributed by atoms with Crippen LogP contribution in [0, 0.1) is 0 Å². The topological polar surface area (TPSA) is 61.8 Å². The van der Waals surface area contributed by atoms with Gasteiger partial charge in [0.05, 0.1) is 13.2 Å². The van der Waals surface area contributed by atoms with Crippen molar-refractivity contribution in [3.8, 4) is 0 Å². The Labute approximate surface area is 81.9 Å². The van der Waals surface area contributed by atoms with Crippen molar-refractivity contribution in [3.63, 3.8) is 0 Å². The first-order valence-corrected chi connectivity index (χ1v) is 3.95. The molecule has 0 aromatic carbocycles. The van der Waals surface area contributed by atoms with Gasteiger partial charge in [-0.2, -0.15) is 4.89 Å². The van der Waals surface area contributed by atoms with E-state index >= 15 is 0 Å². The molecule has 0 aromatic rings. The highest BCUT2D eigenvalue weighted by Gasteiger charge is 1.98. The minimum absolute atomic E-state index is 0.157. The first-order valence-electron chi connectivity index (χ1n) is 3.95. The average Bonchev–Trinajstić information content (AvgIpc) is 2.22. The highest BCUT2D eigenvalue weighted by atomic mass is 17.2. The molecule has 0 unspecified atom stereocenters. The lowest BCUT2D eigenvalue weighted by molar-refractivity contribution is -0.268. The predicted molar refractivity (Wildman–Crippen MR) is 48.0 cm³/mol. The Morgan fingerprint density at radius 2 is 1.71 bits per heavy atom. The standard InChI is InChI=1S/C9H12O5/c1-3-8(10)12-6-5-7-13-14-9(11)4-2/h3-4H,1-2,5-7H2. The minimum atomic E-state index is -0.659. The van der Waals surface area contributed by atoms with Gasteiger partial charge >= 0.3 is 11.9 Å². The quantitative estimate of drug-likeness (QED) is 0.200. The van der Waals surface area contributed by atoms with Crippen molar-refractivity contribution in [2.24, 2.45) is 0 Å². The van der Waals surface area contributed by atoms with Gasteiger partial charge in [0.1, 0.15) is 0 Å². The summed E-state index contributed by atoms with van der Waals surface area (Å²) in [4.78, 5) is 29.6. The van der Waals surface area contributed by atoms with Crippen molar-refractivity contribution in [1.29, 1.82) is 0 Å². The van der Waals surface area contributed by atoms with E-state index in [-0.39, 0.29) is 13.2 Å². The Kier molecular flexibility index (Phi) is 7.07. The molecular weight excluding hydrogens is 188 g/mol. The number of hydrogen-bond donors (Lipinski definition) is 0. The van der Waals surface area contributed by atoms with Gasteiger partial charge in [0.2, 0.25) is 0 Å². The normalized spacial score (nSPS) is 8.86. The molecule has 0 amide bonds. The average molecular weight is 200 g/mol. The van der Waals surface area contributed by atoms with Gasteiger partial charge in [-0.25, -0.2) is 9.59 Å². The largest absolute Gasteiger partial charge is 0.462 e. The van der Waals surface area contributed by atoms with Crippen LogP contribution >= 0.6 is 0 Å². The maximum absolute atomic E-state index is 10.5. The fourth-order valence-corrected chi connectivity index (χ4v) is 0.483. The van der Waals surface area contributed by atoms with Gasteiger partial charge in [-0.05, 0) is 0 Å². The SMILES string of the molecule is C=CC(=O)OCCCOOC(=O)C=C. The molecule has 5 heteroatoms. The number of carbonyl (C=O) groups is 2. The summed E-state index contributed by atoms with van der Waals surface area (Å²) in [5, 5.41) is 0. The third-order valence-electron chi connectivity index (χ3n) is 1.09. The molecule has 0 N–H and O–H groups in total.